The number of halogens is 3. The van der Waals surface area contributed by atoms with Gasteiger partial charge in [0.15, 0.2) is 0 Å². The molecule has 2 rings (SSSR count). The molecule has 0 saturated heterocycles. The Morgan fingerprint density at radius 3 is 2.77 bits per heavy atom. The lowest BCUT2D eigenvalue weighted by atomic mass is 9.85. The maximum atomic E-state index is 12.8. The maximum Gasteiger partial charge on any atom is 0.391 e. The summed E-state index contributed by atoms with van der Waals surface area (Å²) in [7, 11) is 0. The molecule has 1 aliphatic carbocycles. The van der Waals surface area contributed by atoms with Crippen LogP contribution < -0.4 is 10.1 Å². The summed E-state index contributed by atoms with van der Waals surface area (Å²) in [6.45, 7) is 2.29. The average Bonchev–Trinajstić information content (AvgIpc) is 2.48. The van der Waals surface area contributed by atoms with Crippen LogP contribution in [0.4, 0.5) is 13.2 Å². The van der Waals surface area contributed by atoms with Gasteiger partial charge in [-0.1, -0.05) is 6.42 Å². The Balaban J connectivity index is 1.93. The van der Waals surface area contributed by atoms with Crippen LogP contribution in [0.2, 0.25) is 0 Å². The number of pyridine rings is 1. The van der Waals surface area contributed by atoms with Gasteiger partial charge < -0.3 is 10.1 Å². The summed E-state index contributed by atoms with van der Waals surface area (Å²) in [6, 6.07) is 2.68. The van der Waals surface area contributed by atoms with E-state index in [1.54, 1.807) is 12.1 Å². The summed E-state index contributed by atoms with van der Waals surface area (Å²) in [5, 5.41) is 2.67. The number of hydrogen-bond acceptors (Lipinski definition) is 3. The first-order valence-corrected chi connectivity index (χ1v) is 7.36. The Kier molecular flexibility index (Phi) is 5.26. The van der Waals surface area contributed by atoms with Crippen molar-refractivity contribution in [2.45, 2.75) is 44.8 Å². The number of nitrogens with one attached hydrogen (secondary N) is 1. The van der Waals surface area contributed by atoms with Gasteiger partial charge in [0.05, 0.1) is 18.1 Å². The van der Waals surface area contributed by atoms with E-state index in [9.17, 15) is 18.0 Å². The quantitative estimate of drug-likeness (QED) is 0.927. The number of hydrogen-bond donors (Lipinski definition) is 1. The average molecular weight is 316 g/mol. The van der Waals surface area contributed by atoms with E-state index in [4.69, 9.17) is 4.74 Å². The first-order chi connectivity index (χ1) is 10.4. The van der Waals surface area contributed by atoms with Crippen molar-refractivity contribution in [2.24, 2.45) is 5.92 Å². The molecule has 7 heteroatoms. The first-order valence-electron chi connectivity index (χ1n) is 7.36. The molecular formula is C15H19F3N2O2. The zero-order valence-electron chi connectivity index (χ0n) is 12.3. The third-order valence-electron chi connectivity index (χ3n) is 3.76. The molecule has 0 aliphatic heterocycles. The zero-order valence-corrected chi connectivity index (χ0v) is 12.3. The first kappa shape index (κ1) is 16.6. The monoisotopic (exact) mass is 316 g/mol. The molecule has 1 saturated carbocycles. The number of alkyl halides is 3. The second-order valence-corrected chi connectivity index (χ2v) is 5.39. The van der Waals surface area contributed by atoms with Gasteiger partial charge in [0.2, 0.25) is 5.88 Å². The van der Waals surface area contributed by atoms with Crippen molar-refractivity contribution in [3.63, 3.8) is 0 Å². The Hall–Kier alpha value is -1.79. The van der Waals surface area contributed by atoms with Gasteiger partial charge in [-0.2, -0.15) is 13.2 Å². The lowest BCUT2D eigenvalue weighted by molar-refractivity contribution is -0.183. The van der Waals surface area contributed by atoms with Crippen LogP contribution in [-0.2, 0) is 0 Å². The van der Waals surface area contributed by atoms with Gasteiger partial charge in [-0.15, -0.1) is 0 Å². The summed E-state index contributed by atoms with van der Waals surface area (Å²) in [4.78, 5) is 16.0. The topological polar surface area (TPSA) is 51.2 Å². The van der Waals surface area contributed by atoms with Crippen molar-refractivity contribution in [3.8, 4) is 5.88 Å². The van der Waals surface area contributed by atoms with Crippen LogP contribution in [0.25, 0.3) is 0 Å². The number of amides is 1. The smallest absolute Gasteiger partial charge is 0.391 e. The van der Waals surface area contributed by atoms with Crippen molar-refractivity contribution in [1.82, 2.24) is 10.3 Å². The van der Waals surface area contributed by atoms with Crippen molar-refractivity contribution in [3.05, 3.63) is 23.9 Å². The molecule has 1 aromatic rings. The second kappa shape index (κ2) is 6.98. The number of nitrogens with zero attached hydrogens (tertiary/aromatic N) is 1. The molecule has 1 N–H and O–H groups in total. The van der Waals surface area contributed by atoms with Crippen LogP contribution >= 0.6 is 0 Å². The van der Waals surface area contributed by atoms with Crippen LogP contribution in [0.3, 0.4) is 0 Å². The Bertz CT molecular complexity index is 503. The molecule has 0 spiro atoms. The van der Waals surface area contributed by atoms with Gasteiger partial charge in [-0.25, -0.2) is 4.98 Å². The molecule has 2 unspecified atom stereocenters. The number of aromatic nitrogens is 1. The fraction of sp³-hybridized carbons (Fsp3) is 0.600. The van der Waals surface area contributed by atoms with Gasteiger partial charge >= 0.3 is 6.18 Å². The van der Waals surface area contributed by atoms with Crippen molar-refractivity contribution < 1.29 is 22.7 Å². The molecule has 1 aliphatic rings. The van der Waals surface area contributed by atoms with Gasteiger partial charge in [-0.05, 0) is 32.3 Å². The van der Waals surface area contributed by atoms with E-state index in [0.717, 1.165) is 0 Å². The fourth-order valence-electron chi connectivity index (χ4n) is 2.63. The summed E-state index contributed by atoms with van der Waals surface area (Å²) in [6.07, 6.45) is -1.70. The minimum atomic E-state index is -4.19. The molecule has 1 fully saturated rings. The lowest BCUT2D eigenvalue weighted by Gasteiger charge is -2.31. The van der Waals surface area contributed by atoms with Crippen LogP contribution in [-0.4, -0.2) is 29.7 Å². The van der Waals surface area contributed by atoms with Crippen LogP contribution in [0.15, 0.2) is 18.3 Å². The summed E-state index contributed by atoms with van der Waals surface area (Å²) in [5.74, 6) is -1.32. The number of carbonyl (C=O) groups is 1. The van der Waals surface area contributed by atoms with E-state index in [1.807, 2.05) is 6.92 Å². The predicted molar refractivity (Wildman–Crippen MR) is 74.7 cm³/mol. The zero-order chi connectivity index (χ0) is 16.2. The highest BCUT2D eigenvalue weighted by Gasteiger charge is 2.42. The van der Waals surface area contributed by atoms with Crippen molar-refractivity contribution in [2.75, 3.05) is 6.61 Å². The highest BCUT2D eigenvalue weighted by Crippen LogP contribution is 2.37. The highest BCUT2D eigenvalue weighted by atomic mass is 19.4. The predicted octanol–water partition coefficient (Wildman–Crippen LogP) is 3.33. The van der Waals surface area contributed by atoms with Gasteiger partial charge in [0.1, 0.15) is 0 Å². The lowest BCUT2D eigenvalue weighted by Crippen LogP contribution is -2.41. The van der Waals surface area contributed by atoms with E-state index >= 15 is 0 Å². The number of rotatable bonds is 4. The largest absolute Gasteiger partial charge is 0.478 e. The standard InChI is InChI=1S/C15H19F3N2O2/c1-2-22-13-7-6-10(9-19-13)14(21)20-12-5-3-4-11(8-12)15(16,17)18/h6-7,9,11-12H,2-5,8H2,1H3,(H,20,21). The fourth-order valence-corrected chi connectivity index (χ4v) is 2.63. The molecule has 1 heterocycles. The molecule has 0 bridgehead atoms. The van der Waals surface area contributed by atoms with E-state index in [0.29, 0.717) is 30.9 Å². The highest BCUT2D eigenvalue weighted by molar-refractivity contribution is 5.94. The van der Waals surface area contributed by atoms with Gasteiger partial charge in [-0.3, -0.25) is 4.79 Å². The van der Waals surface area contributed by atoms with Crippen molar-refractivity contribution in [1.29, 1.82) is 0 Å². The van der Waals surface area contributed by atoms with E-state index in [1.165, 1.54) is 6.20 Å². The van der Waals surface area contributed by atoms with Crippen molar-refractivity contribution >= 4 is 5.91 Å². The molecule has 4 nitrogen and oxygen atoms in total. The maximum absolute atomic E-state index is 12.8. The Labute approximate surface area is 127 Å². The summed E-state index contributed by atoms with van der Waals surface area (Å²) in [5.41, 5.74) is 0.317. The molecule has 1 aromatic heterocycles. The van der Waals surface area contributed by atoms with E-state index < -0.39 is 24.0 Å². The normalized spacial score (nSPS) is 22.2. The van der Waals surface area contributed by atoms with Crippen LogP contribution in [0, 0.1) is 5.92 Å². The molecule has 22 heavy (non-hydrogen) atoms. The van der Waals surface area contributed by atoms with Crippen LogP contribution in [0.1, 0.15) is 43.0 Å². The van der Waals surface area contributed by atoms with E-state index in [-0.39, 0.29) is 12.8 Å². The molecule has 2 atom stereocenters. The Morgan fingerprint density at radius 2 is 2.18 bits per heavy atom. The molecule has 0 radical (unpaired) electrons. The minimum Gasteiger partial charge on any atom is -0.478 e. The summed E-state index contributed by atoms with van der Waals surface area (Å²) < 4.78 is 43.4. The molecule has 1 amide bonds. The number of carbonyl (C=O) groups excluding carboxylic acids is 1. The number of ether oxygens (including phenoxy) is 1. The summed E-state index contributed by atoms with van der Waals surface area (Å²) >= 11 is 0. The van der Waals surface area contributed by atoms with Gasteiger partial charge in [0, 0.05) is 18.3 Å². The van der Waals surface area contributed by atoms with Gasteiger partial charge in [0.25, 0.3) is 5.91 Å². The minimum absolute atomic E-state index is 0.0559. The Morgan fingerprint density at radius 1 is 1.41 bits per heavy atom. The third kappa shape index (κ3) is 4.35. The second-order valence-electron chi connectivity index (χ2n) is 5.39. The van der Waals surface area contributed by atoms with Crippen LogP contribution in [0.5, 0.6) is 5.88 Å². The molecule has 0 aromatic carbocycles. The third-order valence-corrected chi connectivity index (χ3v) is 3.76. The SMILES string of the molecule is CCOc1ccc(C(=O)NC2CCCC(C(F)(F)F)C2)cn1. The molecular weight excluding hydrogens is 297 g/mol. The van der Waals surface area contributed by atoms with E-state index in [2.05, 4.69) is 10.3 Å². The molecule has 122 valence electrons.